The lowest BCUT2D eigenvalue weighted by atomic mass is 9.90. The van der Waals surface area contributed by atoms with Gasteiger partial charge in [0, 0.05) is 5.56 Å². The van der Waals surface area contributed by atoms with Crippen molar-refractivity contribution >= 4 is 0 Å². The summed E-state index contributed by atoms with van der Waals surface area (Å²) in [6.07, 6.45) is 7.68. The Morgan fingerprint density at radius 3 is 2.71 bits per heavy atom. The van der Waals surface area contributed by atoms with Gasteiger partial charge in [0.2, 0.25) is 5.89 Å². The molecule has 1 unspecified atom stereocenters. The smallest absolute Gasteiger partial charge is 0.211 e. The molecule has 112 valence electrons. The molecule has 3 nitrogen and oxygen atoms in total. The summed E-state index contributed by atoms with van der Waals surface area (Å²) in [6.45, 7) is 4.32. The van der Waals surface area contributed by atoms with Crippen molar-refractivity contribution in [1.82, 2.24) is 4.98 Å². The van der Waals surface area contributed by atoms with Crippen LogP contribution in [0.1, 0.15) is 56.2 Å². The van der Waals surface area contributed by atoms with Crippen molar-refractivity contribution in [3.8, 4) is 11.3 Å². The Kier molecular flexibility index (Phi) is 4.11. The van der Waals surface area contributed by atoms with Crippen LogP contribution in [-0.4, -0.2) is 4.98 Å². The van der Waals surface area contributed by atoms with Crippen molar-refractivity contribution in [1.29, 1.82) is 0 Å². The minimum atomic E-state index is -0.114. The van der Waals surface area contributed by atoms with Gasteiger partial charge in [-0.25, -0.2) is 4.98 Å². The second kappa shape index (κ2) is 6.02. The molecule has 0 fully saturated rings. The number of fused-ring (bicyclic) bond motifs is 1. The summed E-state index contributed by atoms with van der Waals surface area (Å²) in [4.78, 5) is 4.37. The molecule has 0 amide bonds. The first kappa shape index (κ1) is 14.3. The molecule has 21 heavy (non-hydrogen) atoms. The highest BCUT2D eigenvalue weighted by atomic mass is 16.4. The van der Waals surface area contributed by atoms with E-state index in [1.54, 1.807) is 6.20 Å². The second-order valence-corrected chi connectivity index (χ2v) is 6.49. The highest BCUT2D eigenvalue weighted by Gasteiger charge is 2.16. The van der Waals surface area contributed by atoms with E-state index >= 15 is 0 Å². The molecule has 0 saturated carbocycles. The van der Waals surface area contributed by atoms with Crippen LogP contribution in [0.2, 0.25) is 0 Å². The number of aryl methyl sites for hydroxylation is 2. The second-order valence-electron chi connectivity index (χ2n) is 6.49. The molecule has 3 rings (SSSR count). The zero-order chi connectivity index (χ0) is 14.8. The zero-order valence-corrected chi connectivity index (χ0v) is 12.9. The number of hydrogen-bond acceptors (Lipinski definition) is 3. The fraction of sp³-hybridized carbons (Fsp3) is 0.500. The standard InChI is InChI=1S/C18H24N2O/c1-12(2)9-16(19)18-20-11-17(21-18)15-8-7-13-5-3-4-6-14(13)10-15/h7-8,10-12,16H,3-6,9,19H2,1-2H3. The van der Waals surface area contributed by atoms with E-state index < -0.39 is 0 Å². The van der Waals surface area contributed by atoms with Crippen LogP contribution in [0, 0.1) is 5.92 Å². The normalized spacial score (nSPS) is 16.0. The lowest BCUT2D eigenvalue weighted by Crippen LogP contribution is -2.13. The lowest BCUT2D eigenvalue weighted by molar-refractivity contribution is 0.408. The molecule has 0 radical (unpaired) electrons. The van der Waals surface area contributed by atoms with Gasteiger partial charge in [-0.2, -0.15) is 0 Å². The van der Waals surface area contributed by atoms with Gasteiger partial charge in [-0.15, -0.1) is 0 Å². The van der Waals surface area contributed by atoms with Gasteiger partial charge in [0.25, 0.3) is 0 Å². The number of oxazole rings is 1. The average molecular weight is 284 g/mol. The summed E-state index contributed by atoms with van der Waals surface area (Å²) in [5.41, 5.74) is 10.2. The van der Waals surface area contributed by atoms with Crippen LogP contribution in [0.4, 0.5) is 0 Å². The van der Waals surface area contributed by atoms with E-state index in [0.29, 0.717) is 11.8 Å². The largest absolute Gasteiger partial charge is 0.439 e. The van der Waals surface area contributed by atoms with Crippen LogP contribution in [-0.2, 0) is 12.8 Å². The maximum Gasteiger partial charge on any atom is 0.211 e. The summed E-state index contributed by atoms with van der Waals surface area (Å²) < 4.78 is 5.89. The quantitative estimate of drug-likeness (QED) is 0.912. The number of nitrogens with zero attached hydrogens (tertiary/aromatic N) is 1. The van der Waals surface area contributed by atoms with Gasteiger partial charge in [-0.05, 0) is 55.2 Å². The highest BCUT2D eigenvalue weighted by molar-refractivity contribution is 5.59. The highest BCUT2D eigenvalue weighted by Crippen LogP contribution is 2.29. The van der Waals surface area contributed by atoms with E-state index in [9.17, 15) is 0 Å². The first-order chi connectivity index (χ1) is 10.1. The minimum absolute atomic E-state index is 0.114. The number of nitrogens with two attached hydrogens (primary N) is 1. The first-order valence-corrected chi connectivity index (χ1v) is 7.97. The van der Waals surface area contributed by atoms with Crippen molar-refractivity contribution in [3.63, 3.8) is 0 Å². The molecule has 0 spiro atoms. The predicted octanol–water partition coefficient (Wildman–Crippen LogP) is 4.27. The van der Waals surface area contributed by atoms with Crippen LogP contribution >= 0.6 is 0 Å². The minimum Gasteiger partial charge on any atom is -0.439 e. The van der Waals surface area contributed by atoms with Crippen molar-refractivity contribution in [2.75, 3.05) is 0 Å². The maximum atomic E-state index is 6.14. The molecule has 0 saturated heterocycles. The Bertz CT molecular complexity index is 615. The summed E-state index contributed by atoms with van der Waals surface area (Å²) >= 11 is 0. The molecular weight excluding hydrogens is 260 g/mol. The van der Waals surface area contributed by atoms with E-state index in [0.717, 1.165) is 17.7 Å². The van der Waals surface area contributed by atoms with E-state index in [1.165, 1.54) is 36.8 Å². The van der Waals surface area contributed by atoms with Gasteiger partial charge in [-0.3, -0.25) is 0 Å². The molecule has 1 aromatic heterocycles. The topological polar surface area (TPSA) is 52.0 Å². The molecule has 1 heterocycles. The van der Waals surface area contributed by atoms with Crippen LogP contribution in [0.25, 0.3) is 11.3 Å². The van der Waals surface area contributed by atoms with Crippen molar-refractivity contribution in [3.05, 3.63) is 41.4 Å². The van der Waals surface area contributed by atoms with Gasteiger partial charge < -0.3 is 10.2 Å². The van der Waals surface area contributed by atoms with Gasteiger partial charge in [0.05, 0.1) is 12.2 Å². The Hall–Kier alpha value is -1.61. The molecule has 3 heteroatoms. The average Bonchev–Trinajstić information content (AvgIpc) is 2.96. The van der Waals surface area contributed by atoms with E-state index in [-0.39, 0.29) is 6.04 Å². The third kappa shape index (κ3) is 3.18. The van der Waals surface area contributed by atoms with Crippen LogP contribution < -0.4 is 5.73 Å². The van der Waals surface area contributed by atoms with Crippen LogP contribution in [0.5, 0.6) is 0 Å². The number of benzene rings is 1. The molecule has 0 aliphatic heterocycles. The first-order valence-electron chi connectivity index (χ1n) is 7.97. The summed E-state index contributed by atoms with van der Waals surface area (Å²) in [7, 11) is 0. The third-order valence-electron chi connectivity index (χ3n) is 4.20. The van der Waals surface area contributed by atoms with E-state index in [4.69, 9.17) is 10.2 Å². The molecule has 1 aromatic carbocycles. The van der Waals surface area contributed by atoms with Crippen LogP contribution in [0.3, 0.4) is 0 Å². The predicted molar refractivity (Wildman–Crippen MR) is 85.0 cm³/mol. The maximum absolute atomic E-state index is 6.14. The molecule has 2 aromatic rings. The van der Waals surface area contributed by atoms with Crippen molar-refractivity contribution in [2.45, 2.75) is 52.0 Å². The van der Waals surface area contributed by atoms with E-state index in [2.05, 4.69) is 37.0 Å². The number of rotatable bonds is 4. The Labute approximate surface area is 126 Å². The van der Waals surface area contributed by atoms with Crippen molar-refractivity contribution < 1.29 is 4.42 Å². The molecule has 0 bridgehead atoms. The van der Waals surface area contributed by atoms with Gasteiger partial charge >= 0.3 is 0 Å². The van der Waals surface area contributed by atoms with E-state index in [1.807, 2.05) is 0 Å². The lowest BCUT2D eigenvalue weighted by Gasteiger charge is -2.15. The van der Waals surface area contributed by atoms with Gasteiger partial charge in [0.15, 0.2) is 5.76 Å². The molecule has 1 aliphatic rings. The fourth-order valence-electron chi connectivity index (χ4n) is 3.09. The Balaban J connectivity index is 1.83. The molecule has 1 atom stereocenters. The monoisotopic (exact) mass is 284 g/mol. The van der Waals surface area contributed by atoms with Gasteiger partial charge in [0.1, 0.15) is 0 Å². The van der Waals surface area contributed by atoms with Crippen molar-refractivity contribution in [2.24, 2.45) is 11.7 Å². The SMILES string of the molecule is CC(C)CC(N)c1ncc(-c2ccc3c(c2)CCCC3)o1. The number of aromatic nitrogens is 1. The molecule has 1 aliphatic carbocycles. The van der Waals surface area contributed by atoms with Gasteiger partial charge in [-0.1, -0.05) is 26.0 Å². The Morgan fingerprint density at radius 1 is 1.19 bits per heavy atom. The fourth-order valence-corrected chi connectivity index (χ4v) is 3.09. The summed E-state index contributed by atoms with van der Waals surface area (Å²) in [5, 5.41) is 0. The number of hydrogen-bond donors (Lipinski definition) is 1. The Morgan fingerprint density at radius 2 is 1.95 bits per heavy atom. The third-order valence-corrected chi connectivity index (χ3v) is 4.20. The molecule has 2 N–H and O–H groups in total. The van der Waals surface area contributed by atoms with Crippen LogP contribution in [0.15, 0.2) is 28.8 Å². The molecular formula is C18H24N2O. The summed E-state index contributed by atoms with van der Waals surface area (Å²) in [5.74, 6) is 2.02. The zero-order valence-electron chi connectivity index (χ0n) is 12.9. The summed E-state index contributed by atoms with van der Waals surface area (Å²) in [6, 6.07) is 6.52.